The highest BCUT2D eigenvalue weighted by Gasteiger charge is 2.20. The normalized spacial score (nSPS) is 17.9. The molecule has 1 N–H and O–H groups in total. The third kappa shape index (κ3) is 4.47. The van der Waals surface area contributed by atoms with Gasteiger partial charge >= 0.3 is 0 Å². The molecule has 130 valence electrons. The zero-order chi connectivity index (χ0) is 17.2. The molecule has 0 unspecified atom stereocenters. The number of fused-ring (bicyclic) bond motifs is 1. The van der Waals surface area contributed by atoms with Gasteiger partial charge in [0.05, 0.1) is 38.8 Å². The molecule has 1 fully saturated rings. The van der Waals surface area contributed by atoms with E-state index in [0.717, 1.165) is 19.5 Å². The summed E-state index contributed by atoms with van der Waals surface area (Å²) in [4.78, 5) is 11.0. The Morgan fingerprint density at radius 2 is 1.79 bits per heavy atom. The molecule has 0 spiro atoms. The van der Waals surface area contributed by atoms with E-state index < -0.39 is 9.84 Å². The minimum absolute atomic E-state index is 0.264. The Balaban J connectivity index is 1.50. The van der Waals surface area contributed by atoms with Crippen molar-refractivity contribution in [2.24, 2.45) is 0 Å². The molecule has 1 aliphatic rings. The van der Waals surface area contributed by atoms with E-state index in [2.05, 4.69) is 20.2 Å². The predicted molar refractivity (Wildman–Crippen MR) is 97.8 cm³/mol. The minimum Gasteiger partial charge on any atom is -0.369 e. The maximum atomic E-state index is 11.4. The van der Waals surface area contributed by atoms with Crippen molar-refractivity contribution in [3.8, 4) is 0 Å². The van der Waals surface area contributed by atoms with Gasteiger partial charge in [0.1, 0.15) is 5.82 Å². The van der Waals surface area contributed by atoms with Crippen molar-refractivity contribution in [3.63, 3.8) is 0 Å². The van der Waals surface area contributed by atoms with E-state index >= 15 is 0 Å². The largest absolute Gasteiger partial charge is 0.369 e. The molecule has 2 heterocycles. The first-order valence-corrected chi connectivity index (χ1v) is 10.3. The Labute approximate surface area is 151 Å². The fourth-order valence-corrected chi connectivity index (χ4v) is 4.18. The number of hydrogen-bond acceptors (Lipinski definition) is 6. The van der Waals surface area contributed by atoms with Crippen LogP contribution >= 0.6 is 23.2 Å². The second-order valence-corrected chi connectivity index (χ2v) is 8.90. The monoisotopic (exact) mass is 388 g/mol. The number of benzene rings is 1. The summed E-state index contributed by atoms with van der Waals surface area (Å²) in [6.45, 7) is 2.85. The fraction of sp³-hybridized carbons (Fsp3) is 0.467. The molecule has 2 aromatic rings. The summed E-state index contributed by atoms with van der Waals surface area (Å²) >= 11 is 12.0. The average Bonchev–Trinajstić information content (AvgIpc) is 2.54. The van der Waals surface area contributed by atoms with E-state index in [1.807, 2.05) is 0 Å². The lowest BCUT2D eigenvalue weighted by atomic mass is 10.3. The van der Waals surface area contributed by atoms with Crippen LogP contribution in [0.1, 0.15) is 6.42 Å². The van der Waals surface area contributed by atoms with Gasteiger partial charge in [0.2, 0.25) is 0 Å². The summed E-state index contributed by atoms with van der Waals surface area (Å²) in [5.41, 5.74) is 1.39. The summed E-state index contributed by atoms with van der Waals surface area (Å²) in [7, 11) is -2.81. The van der Waals surface area contributed by atoms with E-state index in [1.54, 1.807) is 18.3 Å². The molecule has 0 atom stereocenters. The minimum atomic E-state index is -2.81. The van der Waals surface area contributed by atoms with Gasteiger partial charge in [-0.15, -0.1) is 0 Å². The Kier molecular flexibility index (Phi) is 5.44. The van der Waals surface area contributed by atoms with Gasteiger partial charge in [-0.1, -0.05) is 23.2 Å². The summed E-state index contributed by atoms with van der Waals surface area (Å²) in [5, 5.41) is 4.15. The molecule has 0 amide bonds. The quantitative estimate of drug-likeness (QED) is 0.792. The first-order valence-electron chi connectivity index (χ1n) is 7.71. The van der Waals surface area contributed by atoms with E-state index in [1.165, 1.54) is 0 Å². The zero-order valence-corrected chi connectivity index (χ0v) is 15.3. The second kappa shape index (κ2) is 7.39. The number of halogens is 2. The van der Waals surface area contributed by atoms with Crippen LogP contribution in [0.5, 0.6) is 0 Å². The van der Waals surface area contributed by atoms with Gasteiger partial charge in [0.15, 0.2) is 9.84 Å². The van der Waals surface area contributed by atoms with Crippen LogP contribution in [0.4, 0.5) is 5.82 Å². The van der Waals surface area contributed by atoms with Crippen molar-refractivity contribution >= 4 is 49.9 Å². The van der Waals surface area contributed by atoms with Crippen LogP contribution in [-0.4, -0.2) is 61.0 Å². The topological polar surface area (TPSA) is 75.2 Å². The van der Waals surface area contributed by atoms with Crippen molar-refractivity contribution < 1.29 is 8.42 Å². The lowest BCUT2D eigenvalue weighted by Gasteiger charge is -2.26. The highest BCUT2D eigenvalue weighted by Crippen LogP contribution is 2.26. The molecule has 3 rings (SSSR count). The SMILES string of the molecule is O=S1(=O)CCN(CCCNc2cnc3cc(Cl)c(Cl)cc3n2)CC1. The van der Waals surface area contributed by atoms with Crippen LogP contribution in [0.25, 0.3) is 11.0 Å². The average molecular weight is 389 g/mol. The summed E-state index contributed by atoms with van der Waals surface area (Å²) < 4.78 is 22.8. The van der Waals surface area contributed by atoms with Crippen LogP contribution in [0.3, 0.4) is 0 Å². The number of hydrogen-bond donors (Lipinski definition) is 1. The molecule has 6 nitrogen and oxygen atoms in total. The van der Waals surface area contributed by atoms with Gasteiger partial charge in [-0.3, -0.25) is 4.98 Å². The van der Waals surface area contributed by atoms with Crippen molar-refractivity contribution in [2.45, 2.75) is 6.42 Å². The van der Waals surface area contributed by atoms with Crippen molar-refractivity contribution in [1.29, 1.82) is 0 Å². The number of nitrogens with zero attached hydrogens (tertiary/aromatic N) is 3. The van der Waals surface area contributed by atoms with Crippen LogP contribution in [0.15, 0.2) is 18.3 Å². The van der Waals surface area contributed by atoms with Gasteiger partial charge in [0.25, 0.3) is 0 Å². The van der Waals surface area contributed by atoms with Crippen LogP contribution in [0, 0.1) is 0 Å². The molecule has 1 aliphatic heterocycles. The molecule has 1 aromatic heterocycles. The van der Waals surface area contributed by atoms with Gasteiger partial charge in [0, 0.05) is 19.6 Å². The predicted octanol–water partition coefficient (Wildman–Crippen LogP) is 2.47. The molecule has 0 radical (unpaired) electrons. The number of anilines is 1. The Bertz CT molecular complexity index is 831. The summed E-state index contributed by atoms with van der Waals surface area (Å²) in [5.74, 6) is 1.21. The number of rotatable bonds is 5. The third-order valence-corrected chi connectivity index (χ3v) is 6.31. The molecule has 24 heavy (non-hydrogen) atoms. The van der Waals surface area contributed by atoms with E-state index in [4.69, 9.17) is 23.2 Å². The number of aromatic nitrogens is 2. The number of nitrogens with one attached hydrogen (secondary N) is 1. The molecule has 0 aliphatic carbocycles. The van der Waals surface area contributed by atoms with E-state index in [9.17, 15) is 8.42 Å². The summed E-state index contributed by atoms with van der Waals surface area (Å²) in [6, 6.07) is 3.39. The van der Waals surface area contributed by atoms with Crippen LogP contribution in [-0.2, 0) is 9.84 Å². The molecule has 1 saturated heterocycles. The lowest BCUT2D eigenvalue weighted by Crippen LogP contribution is -2.41. The smallest absolute Gasteiger partial charge is 0.152 e. The van der Waals surface area contributed by atoms with E-state index in [0.29, 0.717) is 40.0 Å². The highest BCUT2D eigenvalue weighted by atomic mass is 35.5. The fourth-order valence-electron chi connectivity index (χ4n) is 2.59. The Morgan fingerprint density at radius 3 is 2.50 bits per heavy atom. The van der Waals surface area contributed by atoms with Crippen molar-refractivity contribution in [1.82, 2.24) is 14.9 Å². The first kappa shape index (κ1) is 17.7. The van der Waals surface area contributed by atoms with Gasteiger partial charge in [-0.05, 0) is 25.1 Å². The Hall–Kier alpha value is -1.15. The van der Waals surface area contributed by atoms with Crippen LogP contribution < -0.4 is 5.32 Å². The maximum Gasteiger partial charge on any atom is 0.152 e. The van der Waals surface area contributed by atoms with E-state index in [-0.39, 0.29) is 11.5 Å². The zero-order valence-electron chi connectivity index (χ0n) is 13.0. The van der Waals surface area contributed by atoms with Crippen molar-refractivity contribution in [3.05, 3.63) is 28.4 Å². The first-order chi connectivity index (χ1) is 11.4. The molecule has 0 bridgehead atoms. The lowest BCUT2D eigenvalue weighted by molar-refractivity contribution is 0.294. The Morgan fingerprint density at radius 1 is 1.12 bits per heavy atom. The molecule has 0 saturated carbocycles. The maximum absolute atomic E-state index is 11.4. The highest BCUT2D eigenvalue weighted by molar-refractivity contribution is 7.91. The van der Waals surface area contributed by atoms with Crippen LogP contribution in [0.2, 0.25) is 10.0 Å². The van der Waals surface area contributed by atoms with Gasteiger partial charge in [-0.25, -0.2) is 13.4 Å². The van der Waals surface area contributed by atoms with Crippen molar-refractivity contribution in [2.75, 3.05) is 43.0 Å². The molecular weight excluding hydrogens is 371 g/mol. The molecule has 9 heteroatoms. The summed E-state index contributed by atoms with van der Waals surface area (Å²) in [6.07, 6.45) is 2.57. The van der Waals surface area contributed by atoms with Gasteiger partial charge < -0.3 is 10.2 Å². The third-order valence-electron chi connectivity index (χ3n) is 3.98. The van der Waals surface area contributed by atoms with Gasteiger partial charge in [-0.2, -0.15) is 0 Å². The number of sulfone groups is 1. The molecule has 1 aromatic carbocycles. The standard InChI is InChI=1S/C15H18Cl2N4O2S/c16-11-8-13-14(9-12(11)17)20-15(10-19-13)18-2-1-3-21-4-6-24(22,23)7-5-21/h8-10H,1-7H2,(H,18,20). The molecular formula is C15H18Cl2N4O2S. The second-order valence-electron chi connectivity index (χ2n) is 5.78.